The Balaban J connectivity index is 1.95. The number of benzene rings is 1. The van der Waals surface area contributed by atoms with E-state index in [-0.39, 0.29) is 17.7 Å². The Bertz CT molecular complexity index is 880. The van der Waals surface area contributed by atoms with Crippen LogP contribution >= 0.6 is 0 Å². The highest BCUT2D eigenvalue weighted by atomic mass is 16.5. The number of methoxy groups -OCH3 is 1. The van der Waals surface area contributed by atoms with Crippen LogP contribution in [0, 0.1) is 5.92 Å². The predicted octanol–water partition coefficient (Wildman–Crippen LogP) is 2.78. The molecule has 25 heavy (non-hydrogen) atoms. The molecule has 0 saturated carbocycles. The van der Waals surface area contributed by atoms with Gasteiger partial charge in [-0.2, -0.15) is 0 Å². The van der Waals surface area contributed by atoms with Gasteiger partial charge in [0.25, 0.3) is 0 Å². The summed E-state index contributed by atoms with van der Waals surface area (Å²) in [5.41, 5.74) is 3.84. The van der Waals surface area contributed by atoms with Crippen molar-refractivity contribution in [2.75, 3.05) is 20.2 Å². The second-order valence-corrected chi connectivity index (χ2v) is 6.89. The van der Waals surface area contributed by atoms with Gasteiger partial charge in [-0.3, -0.25) is 9.59 Å². The van der Waals surface area contributed by atoms with E-state index in [9.17, 15) is 9.59 Å². The molecule has 3 aliphatic rings. The molecule has 0 fully saturated rings. The van der Waals surface area contributed by atoms with E-state index in [0.29, 0.717) is 0 Å². The molecule has 5 nitrogen and oxygen atoms in total. The maximum Gasteiger partial charge on any atom is 0.315 e. The van der Waals surface area contributed by atoms with Crippen molar-refractivity contribution in [1.29, 1.82) is 0 Å². The van der Waals surface area contributed by atoms with Gasteiger partial charge in [-0.05, 0) is 31.4 Å². The monoisotopic (exact) mass is 338 g/mol. The molecule has 0 spiro atoms. The third-order valence-electron chi connectivity index (χ3n) is 5.52. The number of nitrogens with zero attached hydrogens (tertiary/aromatic N) is 1. The number of Topliss-reactive ketones (excluding diaryl/α,β-unsaturated/α-hetero) is 1. The Kier molecular flexibility index (Phi) is 3.86. The maximum absolute atomic E-state index is 12.7. The van der Waals surface area contributed by atoms with E-state index in [1.807, 2.05) is 24.4 Å². The molecule has 2 unspecified atom stereocenters. The first kappa shape index (κ1) is 15.9. The van der Waals surface area contributed by atoms with Crippen LogP contribution in [0.3, 0.4) is 0 Å². The summed E-state index contributed by atoms with van der Waals surface area (Å²) in [5.74, 6) is -0.864. The van der Waals surface area contributed by atoms with Gasteiger partial charge in [-0.1, -0.05) is 18.2 Å². The average molecular weight is 338 g/mol. The van der Waals surface area contributed by atoms with Crippen LogP contribution in [-0.2, 0) is 20.7 Å². The average Bonchev–Trinajstić information content (AvgIpc) is 3.02. The van der Waals surface area contributed by atoms with Gasteiger partial charge in [-0.25, -0.2) is 0 Å². The third kappa shape index (κ3) is 2.54. The summed E-state index contributed by atoms with van der Waals surface area (Å²) >= 11 is 0. The van der Waals surface area contributed by atoms with Crippen molar-refractivity contribution < 1.29 is 14.3 Å². The van der Waals surface area contributed by atoms with E-state index in [2.05, 4.69) is 16.0 Å². The molecule has 3 aliphatic heterocycles. The standard InChI is InChI=1S/C20H22N2O3/c1-12(23)16-11-22-9-7-14(16)18(20(24)25-2)19-15(8-10-22)13-5-3-4-6-17(13)21-19/h3-6,11,14,18,21H,7-10H2,1-2H3. The van der Waals surface area contributed by atoms with Crippen LogP contribution < -0.4 is 0 Å². The quantitative estimate of drug-likeness (QED) is 0.856. The Hall–Kier alpha value is -2.56. The van der Waals surface area contributed by atoms with Crippen molar-refractivity contribution >= 4 is 22.7 Å². The smallest absolute Gasteiger partial charge is 0.315 e. The van der Waals surface area contributed by atoms with Gasteiger partial charge >= 0.3 is 5.97 Å². The summed E-state index contributed by atoms with van der Waals surface area (Å²) in [6.07, 6.45) is 3.57. The fourth-order valence-corrected chi connectivity index (χ4v) is 4.31. The Morgan fingerprint density at radius 2 is 2.04 bits per heavy atom. The highest BCUT2D eigenvalue weighted by molar-refractivity contribution is 5.96. The van der Waals surface area contributed by atoms with Crippen LogP contribution in [0.2, 0.25) is 0 Å². The fraction of sp³-hybridized carbons (Fsp3) is 0.400. The van der Waals surface area contributed by atoms with Crippen LogP contribution in [0.15, 0.2) is 36.0 Å². The first-order valence-electron chi connectivity index (χ1n) is 8.74. The molecule has 0 saturated heterocycles. The molecule has 5 heteroatoms. The lowest BCUT2D eigenvalue weighted by Gasteiger charge is -2.33. The summed E-state index contributed by atoms with van der Waals surface area (Å²) < 4.78 is 5.15. The Morgan fingerprint density at radius 3 is 2.80 bits per heavy atom. The Morgan fingerprint density at radius 1 is 1.24 bits per heavy atom. The number of ether oxygens (including phenoxy) is 1. The van der Waals surface area contributed by atoms with Crippen molar-refractivity contribution in [2.24, 2.45) is 5.92 Å². The SMILES string of the molecule is COC(=O)C1c2[nH]c3ccccc3c2CCN2C=C(C(C)=O)C1CC2. The van der Waals surface area contributed by atoms with Crippen LogP contribution in [0.4, 0.5) is 0 Å². The van der Waals surface area contributed by atoms with Gasteiger partial charge in [0.15, 0.2) is 5.78 Å². The molecule has 0 amide bonds. The number of carbonyl (C=O) groups excluding carboxylic acids is 2. The Labute approximate surface area is 146 Å². The molecule has 5 rings (SSSR count). The number of nitrogens with one attached hydrogen (secondary N) is 1. The number of fused-ring (bicyclic) bond motifs is 3. The van der Waals surface area contributed by atoms with Crippen LogP contribution in [0.25, 0.3) is 10.9 Å². The molecular weight excluding hydrogens is 316 g/mol. The molecule has 0 radical (unpaired) electrons. The first-order chi connectivity index (χ1) is 12.1. The summed E-state index contributed by atoms with van der Waals surface area (Å²) in [6, 6.07) is 8.13. The fourth-order valence-electron chi connectivity index (χ4n) is 4.31. The third-order valence-corrected chi connectivity index (χ3v) is 5.52. The van der Waals surface area contributed by atoms with E-state index in [1.165, 1.54) is 12.7 Å². The number of rotatable bonds is 2. The van der Waals surface area contributed by atoms with Gasteiger partial charge in [0.1, 0.15) is 5.92 Å². The van der Waals surface area contributed by atoms with Gasteiger partial charge in [-0.15, -0.1) is 0 Å². The number of allylic oxidation sites excluding steroid dienone is 1. The molecule has 2 atom stereocenters. The van der Waals surface area contributed by atoms with Gasteiger partial charge < -0.3 is 14.6 Å². The van der Waals surface area contributed by atoms with Crippen molar-refractivity contribution in [3.8, 4) is 0 Å². The molecule has 1 N–H and O–H groups in total. The highest BCUT2D eigenvalue weighted by Crippen LogP contribution is 2.41. The molecule has 2 bridgehead atoms. The molecule has 4 heterocycles. The minimum absolute atomic E-state index is 0.0307. The molecule has 1 aromatic carbocycles. The normalized spacial score (nSPS) is 22.6. The zero-order valence-electron chi connectivity index (χ0n) is 14.5. The number of esters is 1. The zero-order valence-corrected chi connectivity index (χ0v) is 14.5. The molecule has 2 aromatic rings. The second-order valence-electron chi connectivity index (χ2n) is 6.89. The van der Waals surface area contributed by atoms with Crippen molar-refractivity contribution in [3.63, 3.8) is 0 Å². The van der Waals surface area contributed by atoms with Crippen LogP contribution in [-0.4, -0.2) is 41.8 Å². The van der Waals surface area contributed by atoms with Crippen LogP contribution in [0.5, 0.6) is 0 Å². The van der Waals surface area contributed by atoms with Crippen molar-refractivity contribution in [1.82, 2.24) is 9.88 Å². The number of ketones is 1. The minimum atomic E-state index is -0.470. The number of hydrogen-bond donors (Lipinski definition) is 1. The van der Waals surface area contributed by atoms with Gasteiger partial charge in [0.05, 0.1) is 7.11 Å². The lowest BCUT2D eigenvalue weighted by atomic mass is 9.78. The second kappa shape index (κ2) is 6.06. The summed E-state index contributed by atoms with van der Waals surface area (Å²) in [6.45, 7) is 3.28. The molecule has 1 aromatic heterocycles. The van der Waals surface area contributed by atoms with E-state index in [0.717, 1.165) is 48.1 Å². The lowest BCUT2D eigenvalue weighted by Crippen LogP contribution is -2.34. The number of para-hydroxylation sites is 1. The highest BCUT2D eigenvalue weighted by Gasteiger charge is 2.40. The van der Waals surface area contributed by atoms with Crippen molar-refractivity contribution in [3.05, 3.63) is 47.3 Å². The zero-order chi connectivity index (χ0) is 17.6. The lowest BCUT2D eigenvalue weighted by molar-refractivity contribution is -0.143. The summed E-state index contributed by atoms with van der Waals surface area (Å²) in [7, 11) is 1.42. The van der Waals surface area contributed by atoms with E-state index >= 15 is 0 Å². The molecular formula is C20H22N2O3. The number of carbonyl (C=O) groups is 2. The number of aromatic nitrogens is 1. The number of aromatic amines is 1. The van der Waals surface area contributed by atoms with Crippen LogP contribution in [0.1, 0.15) is 30.5 Å². The number of H-pyrrole nitrogens is 1. The first-order valence-corrected chi connectivity index (χ1v) is 8.74. The molecule has 0 aliphatic carbocycles. The number of hydrogen-bond acceptors (Lipinski definition) is 4. The molecule has 130 valence electrons. The van der Waals surface area contributed by atoms with Gasteiger partial charge in [0.2, 0.25) is 0 Å². The largest absolute Gasteiger partial charge is 0.468 e. The van der Waals surface area contributed by atoms with E-state index < -0.39 is 5.92 Å². The summed E-state index contributed by atoms with van der Waals surface area (Å²) in [5, 5.41) is 1.15. The topological polar surface area (TPSA) is 62.4 Å². The minimum Gasteiger partial charge on any atom is -0.468 e. The maximum atomic E-state index is 12.7. The van der Waals surface area contributed by atoms with E-state index in [4.69, 9.17) is 4.74 Å². The van der Waals surface area contributed by atoms with Crippen molar-refractivity contribution in [2.45, 2.75) is 25.7 Å². The predicted molar refractivity (Wildman–Crippen MR) is 95.2 cm³/mol. The van der Waals surface area contributed by atoms with E-state index in [1.54, 1.807) is 6.92 Å². The van der Waals surface area contributed by atoms with Gasteiger partial charge in [0, 0.05) is 47.4 Å². The summed E-state index contributed by atoms with van der Waals surface area (Å²) in [4.78, 5) is 30.7.